The van der Waals surface area contributed by atoms with Crippen LogP contribution in [-0.4, -0.2) is 34.1 Å². The number of alkyl halides is 3. The van der Waals surface area contributed by atoms with Crippen LogP contribution in [0.5, 0.6) is 5.75 Å². The fourth-order valence-electron chi connectivity index (χ4n) is 4.33. The van der Waals surface area contributed by atoms with Crippen molar-refractivity contribution in [2.45, 2.75) is 55.7 Å². The number of carbonyl (C=O) groups is 1. The van der Waals surface area contributed by atoms with Gasteiger partial charge < -0.3 is 9.47 Å². The molecule has 0 spiro atoms. The molecule has 1 atom stereocenters. The van der Waals surface area contributed by atoms with Crippen molar-refractivity contribution in [3.05, 3.63) is 59.7 Å². The molecule has 0 aromatic heterocycles. The smallest absolute Gasteiger partial charge is 0.416 e. The highest BCUT2D eigenvalue weighted by Gasteiger charge is 2.37. The lowest BCUT2D eigenvalue weighted by molar-refractivity contribution is -0.141. The van der Waals surface area contributed by atoms with Gasteiger partial charge in [0, 0.05) is 6.42 Å². The van der Waals surface area contributed by atoms with Crippen LogP contribution in [0.1, 0.15) is 49.7 Å². The first-order valence-corrected chi connectivity index (χ1v) is 12.8. The number of methoxy groups -OCH3 is 1. The minimum Gasteiger partial charge on any atom is -0.486 e. The normalized spacial score (nSPS) is 18.3. The van der Waals surface area contributed by atoms with Crippen molar-refractivity contribution in [2.24, 2.45) is 0 Å². The van der Waals surface area contributed by atoms with Gasteiger partial charge in [0.15, 0.2) is 0 Å². The van der Waals surface area contributed by atoms with Gasteiger partial charge in [-0.1, -0.05) is 18.2 Å². The summed E-state index contributed by atoms with van der Waals surface area (Å²) in [5, 5.41) is 0. The Balaban J connectivity index is 1.76. The predicted molar refractivity (Wildman–Crippen MR) is 125 cm³/mol. The fraction of sp³-hybridized carbons (Fsp3) is 0.400. The first kappa shape index (κ1) is 25.1. The number of esters is 1. The molecule has 0 N–H and O–H groups in total. The Bertz CT molecular complexity index is 1240. The molecule has 2 aliphatic rings. The van der Waals surface area contributed by atoms with Crippen LogP contribution in [0.3, 0.4) is 0 Å². The summed E-state index contributed by atoms with van der Waals surface area (Å²) < 4.78 is 78.9. The van der Waals surface area contributed by atoms with E-state index in [-0.39, 0.29) is 25.1 Å². The van der Waals surface area contributed by atoms with Gasteiger partial charge in [-0.3, -0.25) is 9.10 Å². The van der Waals surface area contributed by atoms with Crippen molar-refractivity contribution in [2.75, 3.05) is 18.0 Å². The number of allylic oxidation sites excluding steroid dienone is 2. The summed E-state index contributed by atoms with van der Waals surface area (Å²) in [6.45, 7) is -0.148. The summed E-state index contributed by atoms with van der Waals surface area (Å²) in [7, 11) is -3.11. The maximum atomic E-state index is 13.7. The Hall–Kier alpha value is -3.01. The van der Waals surface area contributed by atoms with Gasteiger partial charge in [0.25, 0.3) is 10.0 Å². The van der Waals surface area contributed by atoms with Gasteiger partial charge in [-0.2, -0.15) is 13.2 Å². The lowest BCUT2D eigenvalue weighted by Crippen LogP contribution is -2.43. The minimum atomic E-state index is -4.68. The molecule has 1 aliphatic carbocycles. The summed E-state index contributed by atoms with van der Waals surface area (Å²) in [6.07, 6.45) is 0.884. The fourth-order valence-corrected chi connectivity index (χ4v) is 5.88. The van der Waals surface area contributed by atoms with Crippen molar-refractivity contribution >= 4 is 27.3 Å². The zero-order valence-corrected chi connectivity index (χ0v) is 20.0. The van der Waals surface area contributed by atoms with Crippen LogP contribution in [0.15, 0.2) is 53.4 Å². The zero-order chi connectivity index (χ0) is 25.2. The van der Waals surface area contributed by atoms with E-state index in [1.165, 1.54) is 7.11 Å². The zero-order valence-electron chi connectivity index (χ0n) is 19.2. The molecular formula is C25H26F3NO5S. The number of nitrogens with zero attached hydrogens (tertiary/aromatic N) is 1. The standard InChI is InChI=1S/C25H26F3NO5S/c1-33-24(30)13-11-20-16-29(35(31,32)21-9-5-8-19(15-21)25(26,27)28)22-14-18(10-12-23(22)34-20)17-6-3-2-4-7-17/h5-6,8-10,12,14-15,20H,2-4,7,11,13,16H2,1H3/t20-/m0/s1. The van der Waals surface area contributed by atoms with Gasteiger partial charge in [0.2, 0.25) is 0 Å². The number of halogens is 3. The molecule has 6 nitrogen and oxygen atoms in total. The second-order valence-corrected chi connectivity index (χ2v) is 10.4. The summed E-state index contributed by atoms with van der Waals surface area (Å²) in [6, 6.07) is 8.95. The van der Waals surface area contributed by atoms with E-state index in [0.717, 1.165) is 59.3 Å². The predicted octanol–water partition coefficient (Wildman–Crippen LogP) is 5.57. The SMILES string of the molecule is COC(=O)CC[C@H]1CN(S(=O)(=O)c2cccc(C(F)(F)F)c2)c2cc(C3=CCCCC3)ccc2O1. The van der Waals surface area contributed by atoms with E-state index in [1.54, 1.807) is 12.1 Å². The maximum absolute atomic E-state index is 13.7. The molecule has 0 fully saturated rings. The summed E-state index contributed by atoms with van der Waals surface area (Å²) in [4.78, 5) is 11.2. The third kappa shape index (κ3) is 5.47. The second kappa shape index (κ2) is 9.93. The highest BCUT2D eigenvalue weighted by atomic mass is 32.2. The van der Waals surface area contributed by atoms with Crippen molar-refractivity contribution in [1.29, 1.82) is 0 Å². The van der Waals surface area contributed by atoms with E-state index in [1.807, 2.05) is 6.07 Å². The van der Waals surface area contributed by atoms with Crippen molar-refractivity contribution in [1.82, 2.24) is 0 Å². The number of ether oxygens (including phenoxy) is 2. The van der Waals surface area contributed by atoms with Gasteiger partial charge in [-0.15, -0.1) is 0 Å². The molecule has 2 aromatic carbocycles. The summed E-state index contributed by atoms with van der Waals surface area (Å²) in [5.74, 6) is -0.173. The van der Waals surface area contributed by atoms with E-state index in [9.17, 15) is 26.4 Å². The van der Waals surface area contributed by atoms with Gasteiger partial charge in [0.1, 0.15) is 11.9 Å². The van der Waals surface area contributed by atoms with E-state index < -0.39 is 38.7 Å². The highest BCUT2D eigenvalue weighted by molar-refractivity contribution is 7.92. The number of benzene rings is 2. The molecule has 0 radical (unpaired) electrons. The maximum Gasteiger partial charge on any atom is 0.416 e. The van der Waals surface area contributed by atoms with Crippen LogP contribution in [0.25, 0.3) is 5.57 Å². The molecule has 35 heavy (non-hydrogen) atoms. The molecule has 2 aromatic rings. The van der Waals surface area contributed by atoms with Gasteiger partial charge in [-0.05, 0) is 73.6 Å². The van der Waals surface area contributed by atoms with Crippen LogP contribution in [0, 0.1) is 0 Å². The van der Waals surface area contributed by atoms with E-state index >= 15 is 0 Å². The quantitative estimate of drug-likeness (QED) is 0.476. The lowest BCUT2D eigenvalue weighted by Gasteiger charge is -2.36. The molecule has 188 valence electrons. The third-order valence-corrected chi connectivity index (χ3v) is 7.98. The topological polar surface area (TPSA) is 72.9 Å². The number of carbonyl (C=O) groups excluding carboxylic acids is 1. The van der Waals surface area contributed by atoms with Gasteiger partial charge in [-0.25, -0.2) is 8.42 Å². The molecule has 0 bridgehead atoms. The van der Waals surface area contributed by atoms with E-state index in [2.05, 4.69) is 10.8 Å². The summed E-state index contributed by atoms with van der Waals surface area (Å²) >= 11 is 0. The average Bonchev–Trinajstić information content (AvgIpc) is 2.86. The monoisotopic (exact) mass is 509 g/mol. The van der Waals surface area contributed by atoms with Gasteiger partial charge >= 0.3 is 12.1 Å². The van der Waals surface area contributed by atoms with E-state index in [0.29, 0.717) is 11.8 Å². The Kier molecular flexibility index (Phi) is 7.12. The van der Waals surface area contributed by atoms with Crippen molar-refractivity contribution < 1.29 is 35.9 Å². The Morgan fingerprint density at radius 1 is 1.17 bits per heavy atom. The van der Waals surface area contributed by atoms with E-state index in [4.69, 9.17) is 4.74 Å². The minimum absolute atomic E-state index is 0.0128. The molecule has 0 unspecified atom stereocenters. The number of rotatable bonds is 6. The first-order chi connectivity index (χ1) is 16.6. The van der Waals surface area contributed by atoms with Crippen LogP contribution in [-0.2, 0) is 25.7 Å². The molecule has 0 saturated heterocycles. The van der Waals surface area contributed by atoms with Crippen LogP contribution >= 0.6 is 0 Å². The van der Waals surface area contributed by atoms with Crippen molar-refractivity contribution in [3.8, 4) is 5.75 Å². The Morgan fingerprint density at radius 3 is 2.66 bits per heavy atom. The molecular weight excluding hydrogens is 483 g/mol. The molecule has 10 heteroatoms. The number of anilines is 1. The second-order valence-electron chi connectivity index (χ2n) is 8.57. The van der Waals surface area contributed by atoms with Gasteiger partial charge in [0.05, 0.1) is 29.8 Å². The number of hydrogen-bond acceptors (Lipinski definition) is 5. The average molecular weight is 510 g/mol. The summed E-state index contributed by atoms with van der Waals surface area (Å²) in [5.41, 5.74) is 1.17. The Labute approximate surface area is 202 Å². The first-order valence-electron chi connectivity index (χ1n) is 11.4. The largest absolute Gasteiger partial charge is 0.486 e. The molecule has 1 heterocycles. The number of sulfonamides is 1. The highest BCUT2D eigenvalue weighted by Crippen LogP contribution is 2.41. The molecule has 1 aliphatic heterocycles. The van der Waals surface area contributed by atoms with Crippen LogP contribution < -0.4 is 9.04 Å². The Morgan fingerprint density at radius 2 is 1.97 bits per heavy atom. The van der Waals surface area contributed by atoms with Crippen LogP contribution in [0.2, 0.25) is 0 Å². The number of fused-ring (bicyclic) bond motifs is 1. The van der Waals surface area contributed by atoms with Crippen molar-refractivity contribution in [3.63, 3.8) is 0 Å². The lowest BCUT2D eigenvalue weighted by atomic mass is 9.93. The molecule has 4 rings (SSSR count). The molecule has 0 saturated carbocycles. The third-order valence-electron chi connectivity index (χ3n) is 6.20. The van der Waals surface area contributed by atoms with Crippen LogP contribution in [0.4, 0.5) is 18.9 Å². The molecule has 0 amide bonds. The number of hydrogen-bond donors (Lipinski definition) is 0.